The van der Waals surface area contributed by atoms with Gasteiger partial charge in [0.25, 0.3) is 5.56 Å². The van der Waals surface area contributed by atoms with Crippen LogP contribution in [0.4, 0.5) is 0 Å². The van der Waals surface area contributed by atoms with Crippen molar-refractivity contribution in [2.24, 2.45) is 13.0 Å². The van der Waals surface area contributed by atoms with Crippen LogP contribution in [0.25, 0.3) is 0 Å². The molecule has 39 heavy (non-hydrogen) atoms. The van der Waals surface area contributed by atoms with Gasteiger partial charge in [-0.05, 0) is 60.6 Å². The van der Waals surface area contributed by atoms with Crippen LogP contribution in [0.15, 0.2) is 64.3 Å². The number of hydrogen-bond acceptors (Lipinski definition) is 5. The van der Waals surface area contributed by atoms with Gasteiger partial charge in [0, 0.05) is 43.5 Å². The van der Waals surface area contributed by atoms with Gasteiger partial charge in [0.05, 0.1) is 13.0 Å². The monoisotopic (exact) mass is 555 g/mol. The van der Waals surface area contributed by atoms with Gasteiger partial charge in [-0.2, -0.15) is 0 Å². The Kier molecular flexibility index (Phi) is 10.9. The Morgan fingerprint density at radius 2 is 1.82 bits per heavy atom. The normalized spacial score (nSPS) is 13.5. The first-order valence-corrected chi connectivity index (χ1v) is 13.8. The second kappa shape index (κ2) is 14.1. The molecule has 0 aliphatic heterocycles. The maximum atomic E-state index is 12.2. The van der Waals surface area contributed by atoms with E-state index < -0.39 is 5.97 Å². The summed E-state index contributed by atoms with van der Waals surface area (Å²) in [5, 5.41) is 10.3. The first-order valence-electron chi connectivity index (χ1n) is 13.4. The zero-order valence-electron chi connectivity index (χ0n) is 23.1. The lowest BCUT2D eigenvalue weighted by Crippen LogP contribution is -2.39. The summed E-state index contributed by atoms with van der Waals surface area (Å²) in [5.41, 5.74) is 2.19. The number of aryl methyl sites for hydroxylation is 2. The lowest BCUT2D eigenvalue weighted by atomic mass is 10.00. The van der Waals surface area contributed by atoms with Gasteiger partial charge in [-0.15, -0.1) is 0 Å². The van der Waals surface area contributed by atoms with Crippen molar-refractivity contribution in [3.05, 3.63) is 97.3 Å². The van der Waals surface area contributed by atoms with Crippen molar-refractivity contribution in [1.82, 2.24) is 14.0 Å². The highest BCUT2D eigenvalue weighted by Crippen LogP contribution is 2.35. The predicted molar refractivity (Wildman–Crippen MR) is 154 cm³/mol. The summed E-state index contributed by atoms with van der Waals surface area (Å²) in [6, 6.07) is 14.4. The van der Waals surface area contributed by atoms with E-state index in [1.165, 1.54) is 16.8 Å². The molecule has 3 aromatic rings. The second-order valence-corrected chi connectivity index (χ2v) is 10.1. The van der Waals surface area contributed by atoms with Crippen molar-refractivity contribution >= 4 is 17.6 Å². The van der Waals surface area contributed by atoms with Crippen molar-refractivity contribution in [2.75, 3.05) is 13.2 Å². The molecule has 1 unspecified atom stereocenters. The molecule has 1 fully saturated rings. The van der Waals surface area contributed by atoms with Crippen LogP contribution in [-0.4, -0.2) is 38.3 Å². The van der Waals surface area contributed by atoms with Gasteiger partial charge < -0.3 is 14.4 Å². The van der Waals surface area contributed by atoms with Crippen LogP contribution in [0.3, 0.4) is 0 Å². The molecule has 1 N–H and O–H groups in total. The van der Waals surface area contributed by atoms with E-state index in [-0.39, 0.29) is 36.9 Å². The van der Waals surface area contributed by atoms with E-state index in [1.54, 1.807) is 19.2 Å². The molecule has 4 rings (SSSR count). The Balaban J connectivity index is 0.00000205. The zero-order chi connectivity index (χ0) is 28.5. The molecule has 2 aromatic carbocycles. The quantitative estimate of drug-likeness (QED) is 0.336. The largest absolute Gasteiger partial charge is 0.491 e. The smallest absolute Gasteiger partial charge is 0.330 e. The molecule has 8 nitrogen and oxygen atoms in total. The standard InChI is InChI=1S/C28H32ClN3O5.C2H6/c1-19-15-21(5-10-25(19)37-14-13-32-26(33)11-12-30(2)28(32)36)18-31(17-20-3-4-20)24(16-27(34)35)22-6-8-23(29)9-7-22;1-2/h5-12,15,20,24H,3-4,13-14,16-18H2,1-2H3,(H,34,35);1-2H3. The van der Waals surface area contributed by atoms with E-state index in [1.807, 2.05) is 51.1 Å². The summed E-state index contributed by atoms with van der Waals surface area (Å²) in [4.78, 5) is 38.2. The fraction of sp³-hybridized carbons (Fsp3) is 0.433. The average Bonchev–Trinajstić information content (AvgIpc) is 3.73. The SMILES string of the molecule is CC.Cc1cc(CN(CC2CC2)C(CC(=O)O)c2ccc(Cl)cc2)ccc1OCCn1c(=O)ccn(C)c1=O. The lowest BCUT2D eigenvalue weighted by Gasteiger charge is -2.32. The molecule has 0 amide bonds. The molecule has 1 saturated carbocycles. The van der Waals surface area contributed by atoms with Gasteiger partial charge in [-0.3, -0.25) is 19.1 Å². The summed E-state index contributed by atoms with van der Waals surface area (Å²) in [5.74, 6) is 0.424. The number of halogens is 1. The molecular formula is C30H38ClN3O5. The topological polar surface area (TPSA) is 93.8 Å². The minimum absolute atomic E-state index is 0.00679. The molecule has 1 heterocycles. The van der Waals surface area contributed by atoms with Crippen molar-refractivity contribution in [2.45, 2.75) is 59.2 Å². The fourth-order valence-corrected chi connectivity index (χ4v) is 4.64. The van der Waals surface area contributed by atoms with Crippen LogP contribution in [0.1, 0.15) is 55.8 Å². The first kappa shape index (κ1) is 30.2. The molecule has 1 aliphatic carbocycles. The molecule has 1 aliphatic rings. The van der Waals surface area contributed by atoms with Crippen LogP contribution in [0, 0.1) is 12.8 Å². The fourth-order valence-electron chi connectivity index (χ4n) is 4.52. The van der Waals surface area contributed by atoms with E-state index in [2.05, 4.69) is 4.90 Å². The highest BCUT2D eigenvalue weighted by molar-refractivity contribution is 6.30. The number of rotatable bonds is 12. The summed E-state index contributed by atoms with van der Waals surface area (Å²) in [7, 11) is 1.60. The molecule has 0 bridgehead atoms. The molecule has 0 spiro atoms. The van der Waals surface area contributed by atoms with Crippen LogP contribution < -0.4 is 16.0 Å². The highest BCUT2D eigenvalue weighted by atomic mass is 35.5. The maximum absolute atomic E-state index is 12.2. The Labute approximate surface area is 234 Å². The summed E-state index contributed by atoms with van der Waals surface area (Å²) in [6.45, 7) is 7.73. The number of carboxylic acid groups (broad SMARTS) is 1. The number of aliphatic carboxylic acids is 1. The summed E-state index contributed by atoms with van der Waals surface area (Å²) in [6.07, 6.45) is 3.78. The summed E-state index contributed by atoms with van der Waals surface area (Å²) < 4.78 is 8.40. The van der Waals surface area contributed by atoms with E-state index in [0.717, 1.165) is 40.6 Å². The molecule has 210 valence electrons. The molecule has 9 heteroatoms. The van der Waals surface area contributed by atoms with E-state index in [9.17, 15) is 19.5 Å². The highest BCUT2D eigenvalue weighted by Gasteiger charge is 2.30. The van der Waals surface area contributed by atoms with Gasteiger partial charge in [-0.1, -0.05) is 49.7 Å². The third-order valence-corrected chi connectivity index (χ3v) is 6.94. The molecule has 0 saturated heterocycles. The van der Waals surface area contributed by atoms with Gasteiger partial charge >= 0.3 is 11.7 Å². The number of ether oxygens (including phenoxy) is 1. The van der Waals surface area contributed by atoms with E-state index in [4.69, 9.17) is 16.3 Å². The van der Waals surface area contributed by atoms with Gasteiger partial charge in [-0.25, -0.2) is 4.79 Å². The van der Waals surface area contributed by atoms with Gasteiger partial charge in [0.2, 0.25) is 0 Å². The van der Waals surface area contributed by atoms with Crippen LogP contribution >= 0.6 is 11.6 Å². The number of aromatic nitrogens is 2. The molecule has 0 radical (unpaired) electrons. The Bertz CT molecular complexity index is 1360. The van der Waals surface area contributed by atoms with Gasteiger partial charge in [0.15, 0.2) is 0 Å². The Morgan fingerprint density at radius 1 is 1.13 bits per heavy atom. The van der Waals surface area contributed by atoms with Crippen molar-refractivity contribution < 1.29 is 14.6 Å². The summed E-state index contributed by atoms with van der Waals surface area (Å²) >= 11 is 6.08. The van der Waals surface area contributed by atoms with Crippen molar-refractivity contribution in [3.8, 4) is 5.75 Å². The third kappa shape index (κ3) is 8.57. The molecular weight excluding hydrogens is 518 g/mol. The van der Waals surface area contributed by atoms with Gasteiger partial charge in [0.1, 0.15) is 12.4 Å². The molecule has 1 aromatic heterocycles. The number of carboxylic acids is 1. The van der Waals surface area contributed by atoms with Crippen LogP contribution in [-0.2, 0) is 24.9 Å². The van der Waals surface area contributed by atoms with Crippen molar-refractivity contribution in [1.29, 1.82) is 0 Å². The third-order valence-electron chi connectivity index (χ3n) is 6.69. The van der Waals surface area contributed by atoms with E-state index in [0.29, 0.717) is 23.2 Å². The lowest BCUT2D eigenvalue weighted by molar-refractivity contribution is -0.138. The van der Waals surface area contributed by atoms with Crippen LogP contribution in [0.2, 0.25) is 5.02 Å². The van der Waals surface area contributed by atoms with Crippen molar-refractivity contribution in [3.63, 3.8) is 0 Å². The number of nitrogens with zero attached hydrogens (tertiary/aromatic N) is 3. The van der Waals surface area contributed by atoms with E-state index >= 15 is 0 Å². The average molecular weight is 556 g/mol. The second-order valence-electron chi connectivity index (χ2n) is 9.69. The number of hydrogen-bond donors (Lipinski definition) is 1. The number of carbonyl (C=O) groups is 1. The minimum Gasteiger partial charge on any atom is -0.491 e. The predicted octanol–water partition coefficient (Wildman–Crippen LogP) is 5.04. The Morgan fingerprint density at radius 3 is 2.44 bits per heavy atom. The van der Waals surface area contributed by atoms with Crippen LogP contribution in [0.5, 0.6) is 5.75 Å². The zero-order valence-corrected chi connectivity index (χ0v) is 23.9. The Hall–Kier alpha value is -3.36. The first-order chi connectivity index (χ1) is 18.7. The number of benzene rings is 2. The molecule has 1 atom stereocenters. The minimum atomic E-state index is -0.840. The maximum Gasteiger partial charge on any atom is 0.330 e.